The van der Waals surface area contributed by atoms with Gasteiger partial charge in [0.05, 0.1) is 6.61 Å². The number of hydrogen-bond donors (Lipinski definition) is 1. The van der Waals surface area contributed by atoms with Gasteiger partial charge in [-0.2, -0.15) is 8.78 Å². The van der Waals surface area contributed by atoms with Crippen LogP contribution in [0.15, 0.2) is 0 Å². The predicted octanol–water partition coefficient (Wildman–Crippen LogP) is 1.52. The van der Waals surface area contributed by atoms with Crippen molar-refractivity contribution in [1.82, 2.24) is 0 Å². The molecule has 0 aliphatic rings. The summed E-state index contributed by atoms with van der Waals surface area (Å²) in [7, 11) is 0. The Morgan fingerprint density at radius 3 is 1.90 bits per heavy atom. The molecule has 0 radical (unpaired) electrons. The molecule has 1 nitrogen and oxygen atoms in total. The van der Waals surface area contributed by atoms with Crippen LogP contribution >= 0.6 is 0 Å². The van der Waals surface area contributed by atoms with Crippen LogP contribution in [-0.4, -0.2) is 24.1 Å². The number of aliphatic hydroxyl groups is 1. The Morgan fingerprint density at radius 2 is 1.80 bits per heavy atom. The molecule has 0 saturated carbocycles. The van der Waals surface area contributed by atoms with Gasteiger partial charge >= 0.3 is 12.3 Å². The van der Waals surface area contributed by atoms with Gasteiger partial charge in [0.2, 0.25) is 0 Å². The molecule has 0 aliphatic heterocycles. The third-order valence-electron chi connectivity index (χ3n) is 1.22. The van der Waals surface area contributed by atoms with Crippen LogP contribution in [0.5, 0.6) is 0 Å². The lowest BCUT2D eigenvalue weighted by molar-refractivity contribution is -0.168. The van der Waals surface area contributed by atoms with Crippen LogP contribution in [-0.2, 0) is 0 Å². The molecular weight excluding hydrogens is 152 g/mol. The highest BCUT2D eigenvalue weighted by atomic mass is 19.3. The molecular formula is C5H8F4O. The fourth-order valence-corrected chi connectivity index (χ4v) is 0.337. The number of hydrogen-bond acceptors (Lipinski definition) is 1. The predicted molar refractivity (Wildman–Crippen MR) is 27.2 cm³/mol. The number of rotatable bonds is 3. The normalized spacial score (nSPS) is 15.9. The van der Waals surface area contributed by atoms with E-state index < -0.39 is 24.9 Å². The highest BCUT2D eigenvalue weighted by Gasteiger charge is 2.45. The molecule has 0 heterocycles. The van der Waals surface area contributed by atoms with E-state index in [0.717, 1.165) is 6.92 Å². The Kier molecular flexibility index (Phi) is 3.08. The lowest BCUT2D eigenvalue weighted by Gasteiger charge is -2.20. The molecule has 62 valence electrons. The van der Waals surface area contributed by atoms with E-state index in [1.165, 1.54) is 0 Å². The Labute approximate surface area is 55.7 Å². The molecule has 0 spiro atoms. The van der Waals surface area contributed by atoms with Gasteiger partial charge < -0.3 is 5.11 Å². The van der Waals surface area contributed by atoms with E-state index in [4.69, 9.17) is 5.11 Å². The maximum atomic E-state index is 12.0. The van der Waals surface area contributed by atoms with E-state index in [-0.39, 0.29) is 0 Å². The first-order valence-corrected chi connectivity index (χ1v) is 2.69. The topological polar surface area (TPSA) is 20.2 Å². The fourth-order valence-electron chi connectivity index (χ4n) is 0.337. The molecule has 0 unspecified atom stereocenters. The van der Waals surface area contributed by atoms with Gasteiger partial charge in [-0.1, -0.05) is 6.92 Å². The summed E-state index contributed by atoms with van der Waals surface area (Å²) in [6, 6.07) is 0. The standard InChI is InChI=1S/C5H8F4O/c1-3(2-10)5(8,9)4(6)7/h3-4,10H,2H2,1H3/t3-/m1/s1. The van der Waals surface area contributed by atoms with Crippen molar-refractivity contribution in [2.24, 2.45) is 5.92 Å². The van der Waals surface area contributed by atoms with E-state index in [1.807, 2.05) is 0 Å². The van der Waals surface area contributed by atoms with Gasteiger partial charge in [-0.3, -0.25) is 0 Å². The molecule has 0 aromatic carbocycles. The molecule has 10 heavy (non-hydrogen) atoms. The summed E-state index contributed by atoms with van der Waals surface area (Å²) in [6.45, 7) is -0.0660. The first-order valence-electron chi connectivity index (χ1n) is 2.69. The van der Waals surface area contributed by atoms with Gasteiger partial charge in [0, 0.05) is 5.92 Å². The molecule has 0 aliphatic carbocycles. The largest absolute Gasteiger partial charge is 0.396 e. The van der Waals surface area contributed by atoms with Crippen LogP contribution in [0.4, 0.5) is 17.6 Å². The van der Waals surface area contributed by atoms with Crippen LogP contribution in [0.3, 0.4) is 0 Å². The zero-order valence-corrected chi connectivity index (χ0v) is 5.32. The van der Waals surface area contributed by atoms with E-state index in [2.05, 4.69) is 0 Å². The summed E-state index contributed by atoms with van der Waals surface area (Å²) in [5.41, 5.74) is 0. The zero-order valence-electron chi connectivity index (χ0n) is 5.32. The number of halogens is 4. The summed E-state index contributed by atoms with van der Waals surface area (Å²) >= 11 is 0. The molecule has 0 aromatic heterocycles. The molecule has 0 fully saturated rings. The highest BCUT2D eigenvalue weighted by Crippen LogP contribution is 2.30. The van der Waals surface area contributed by atoms with Gasteiger partial charge in [-0.25, -0.2) is 8.78 Å². The molecule has 5 heteroatoms. The Balaban J connectivity index is 4.09. The smallest absolute Gasteiger partial charge is 0.312 e. The minimum atomic E-state index is -4.07. The van der Waals surface area contributed by atoms with Gasteiger partial charge in [0.1, 0.15) is 0 Å². The van der Waals surface area contributed by atoms with E-state index in [0.29, 0.717) is 0 Å². The van der Waals surface area contributed by atoms with Crippen molar-refractivity contribution in [2.75, 3.05) is 6.61 Å². The van der Waals surface area contributed by atoms with Crippen molar-refractivity contribution in [3.8, 4) is 0 Å². The molecule has 0 bridgehead atoms. The van der Waals surface area contributed by atoms with Crippen LogP contribution in [0.2, 0.25) is 0 Å². The zero-order chi connectivity index (χ0) is 8.36. The van der Waals surface area contributed by atoms with Crippen LogP contribution < -0.4 is 0 Å². The van der Waals surface area contributed by atoms with Crippen molar-refractivity contribution in [3.05, 3.63) is 0 Å². The van der Waals surface area contributed by atoms with Crippen molar-refractivity contribution < 1.29 is 22.7 Å². The first kappa shape index (κ1) is 9.68. The SMILES string of the molecule is C[C@H](CO)C(F)(F)C(F)F. The fraction of sp³-hybridized carbons (Fsp3) is 1.00. The molecule has 0 amide bonds. The summed E-state index contributed by atoms with van der Waals surface area (Å²) < 4.78 is 46.8. The quantitative estimate of drug-likeness (QED) is 0.620. The maximum absolute atomic E-state index is 12.0. The Bertz CT molecular complexity index is 104. The van der Waals surface area contributed by atoms with E-state index >= 15 is 0 Å². The molecule has 0 rings (SSSR count). The monoisotopic (exact) mass is 160 g/mol. The van der Waals surface area contributed by atoms with Crippen molar-refractivity contribution in [3.63, 3.8) is 0 Å². The van der Waals surface area contributed by atoms with Crippen molar-refractivity contribution in [1.29, 1.82) is 0 Å². The second-order valence-electron chi connectivity index (χ2n) is 2.06. The van der Waals surface area contributed by atoms with Gasteiger partial charge in [0.25, 0.3) is 0 Å². The van der Waals surface area contributed by atoms with Crippen LogP contribution in [0, 0.1) is 5.92 Å². The van der Waals surface area contributed by atoms with E-state index in [1.54, 1.807) is 0 Å². The molecule has 1 N–H and O–H groups in total. The Hall–Kier alpha value is -0.320. The highest BCUT2D eigenvalue weighted by molar-refractivity contribution is 4.75. The van der Waals surface area contributed by atoms with E-state index in [9.17, 15) is 17.6 Å². The average molecular weight is 160 g/mol. The third-order valence-corrected chi connectivity index (χ3v) is 1.22. The summed E-state index contributed by atoms with van der Waals surface area (Å²) in [5, 5.41) is 8.11. The lowest BCUT2D eigenvalue weighted by Crippen LogP contribution is -2.36. The molecule has 1 atom stereocenters. The molecule has 0 saturated heterocycles. The first-order chi connectivity index (χ1) is 4.42. The van der Waals surface area contributed by atoms with Crippen molar-refractivity contribution in [2.45, 2.75) is 19.3 Å². The van der Waals surface area contributed by atoms with Gasteiger partial charge in [-0.05, 0) is 0 Å². The Morgan fingerprint density at radius 1 is 1.40 bits per heavy atom. The van der Waals surface area contributed by atoms with Gasteiger partial charge in [0.15, 0.2) is 0 Å². The average Bonchev–Trinajstić information content (AvgIpc) is 1.86. The van der Waals surface area contributed by atoms with Gasteiger partial charge in [-0.15, -0.1) is 0 Å². The minimum Gasteiger partial charge on any atom is -0.396 e. The second-order valence-corrected chi connectivity index (χ2v) is 2.06. The van der Waals surface area contributed by atoms with Crippen molar-refractivity contribution >= 4 is 0 Å². The number of alkyl halides is 4. The third kappa shape index (κ3) is 1.83. The summed E-state index contributed by atoms with van der Waals surface area (Å²) in [5.74, 6) is -5.76. The minimum absolute atomic E-state index is 0.867. The number of aliphatic hydroxyl groups excluding tert-OH is 1. The van der Waals surface area contributed by atoms with Crippen LogP contribution in [0.25, 0.3) is 0 Å². The molecule has 0 aromatic rings. The second kappa shape index (κ2) is 3.18. The lowest BCUT2D eigenvalue weighted by atomic mass is 10.1. The summed E-state index contributed by atoms with van der Waals surface area (Å²) in [6.07, 6.45) is -3.70. The van der Waals surface area contributed by atoms with Crippen LogP contribution in [0.1, 0.15) is 6.92 Å². The maximum Gasteiger partial charge on any atom is 0.312 e. The summed E-state index contributed by atoms with van der Waals surface area (Å²) in [4.78, 5) is 0.